The highest BCUT2D eigenvalue weighted by Gasteiger charge is 2.58. The summed E-state index contributed by atoms with van der Waals surface area (Å²) in [4.78, 5) is 15.1. The average Bonchev–Trinajstić information content (AvgIpc) is 3.23. The van der Waals surface area contributed by atoms with Crippen LogP contribution in [0.5, 0.6) is 0 Å². The van der Waals surface area contributed by atoms with E-state index in [1.165, 1.54) is 83.0 Å². The van der Waals surface area contributed by atoms with Crippen LogP contribution in [-0.2, 0) is 10.8 Å². The van der Waals surface area contributed by atoms with Crippen molar-refractivity contribution in [1.29, 1.82) is 5.26 Å². The van der Waals surface area contributed by atoms with Crippen LogP contribution < -0.4 is 0 Å². The summed E-state index contributed by atoms with van der Waals surface area (Å²) < 4.78 is 0. The second kappa shape index (κ2) is 14.0. The van der Waals surface area contributed by atoms with E-state index in [4.69, 9.17) is 15.0 Å². The molecule has 4 aliphatic carbocycles. The lowest BCUT2D eigenvalue weighted by Crippen LogP contribution is -2.56. The van der Waals surface area contributed by atoms with Crippen LogP contribution in [0.2, 0.25) is 0 Å². The zero-order valence-corrected chi connectivity index (χ0v) is 33.9. The van der Waals surface area contributed by atoms with Gasteiger partial charge in [-0.3, -0.25) is 0 Å². The van der Waals surface area contributed by atoms with E-state index in [2.05, 4.69) is 119 Å². The first kappa shape index (κ1) is 36.2. The van der Waals surface area contributed by atoms with Crippen LogP contribution in [-0.4, -0.2) is 15.0 Å². The molecule has 0 amide bonds. The van der Waals surface area contributed by atoms with Gasteiger partial charge in [-0.15, -0.1) is 0 Å². The van der Waals surface area contributed by atoms with Crippen LogP contribution in [0.15, 0.2) is 133 Å². The fraction of sp³-hybridized carbons (Fsp3) is 0.259. The van der Waals surface area contributed by atoms with Gasteiger partial charge in [0.05, 0.1) is 11.6 Å². The van der Waals surface area contributed by atoms with E-state index < -0.39 is 0 Å². The first-order chi connectivity index (χ1) is 28.2. The molecular weight excluding hydrogens is 705 g/mol. The van der Waals surface area contributed by atoms with Gasteiger partial charge in [-0.05, 0) is 157 Å². The number of nitriles is 1. The summed E-state index contributed by atoms with van der Waals surface area (Å²) in [6, 6.07) is 50.0. The van der Waals surface area contributed by atoms with Gasteiger partial charge in [0.15, 0.2) is 17.5 Å². The average molecular weight is 753 g/mol. The fourth-order valence-corrected chi connectivity index (χ4v) is 11.7. The smallest absolute Gasteiger partial charge is 0.164 e. The van der Waals surface area contributed by atoms with Gasteiger partial charge in [-0.2, -0.15) is 5.26 Å². The molecule has 4 saturated carbocycles. The van der Waals surface area contributed by atoms with Crippen LogP contribution in [0.4, 0.5) is 0 Å². The van der Waals surface area contributed by atoms with Crippen molar-refractivity contribution in [1.82, 2.24) is 15.0 Å². The molecule has 4 fully saturated rings. The summed E-state index contributed by atoms with van der Waals surface area (Å²) in [5.74, 6) is 3.62. The number of hydrogen-bond acceptors (Lipinski definition) is 4. The van der Waals surface area contributed by atoms with Crippen LogP contribution in [0.25, 0.3) is 56.4 Å². The topological polar surface area (TPSA) is 62.5 Å². The Balaban J connectivity index is 0.970. The predicted molar refractivity (Wildman–Crippen MR) is 235 cm³/mol. The zero-order valence-electron chi connectivity index (χ0n) is 33.9. The van der Waals surface area contributed by atoms with Gasteiger partial charge in [-0.25, -0.2) is 15.0 Å². The highest BCUT2D eigenvalue weighted by Crippen LogP contribution is 2.66. The minimum Gasteiger partial charge on any atom is -0.208 e. The van der Waals surface area contributed by atoms with Crippen molar-refractivity contribution >= 4 is 0 Å². The van der Waals surface area contributed by atoms with Crippen molar-refractivity contribution in [2.45, 2.75) is 77.0 Å². The standard InChI is InChI=1S/C54H48N4/c1-34-25-45(19-21-47(34)41-17-15-38(32-55)16-18-41)53-28-39-27-40(29-53)31-54(30-39,33-53)46-20-22-48(35(2)26-46)44-23-36(3)49(37(4)24-44)52-57-50(42-11-7-5-8-12-42)56-51(58-52)43-13-9-6-10-14-43/h5-26,39-40H,27-31,33H2,1-4H3. The van der Waals surface area contributed by atoms with Crippen molar-refractivity contribution in [3.05, 3.63) is 172 Å². The molecule has 1 heterocycles. The molecule has 4 bridgehead atoms. The summed E-state index contributed by atoms with van der Waals surface area (Å²) in [5.41, 5.74) is 17.2. The van der Waals surface area contributed by atoms with E-state index >= 15 is 0 Å². The molecular formula is C54H48N4. The van der Waals surface area contributed by atoms with Crippen molar-refractivity contribution in [3.63, 3.8) is 0 Å². The van der Waals surface area contributed by atoms with Crippen molar-refractivity contribution in [2.24, 2.45) is 11.8 Å². The molecule has 0 N–H and O–H groups in total. The molecule has 4 heteroatoms. The van der Waals surface area contributed by atoms with Gasteiger partial charge in [0, 0.05) is 16.7 Å². The lowest BCUT2D eigenvalue weighted by Gasteiger charge is -2.63. The molecule has 58 heavy (non-hydrogen) atoms. The lowest BCUT2D eigenvalue weighted by atomic mass is 9.41. The monoisotopic (exact) mass is 752 g/mol. The number of nitrogens with zero attached hydrogens (tertiary/aromatic N) is 4. The van der Waals surface area contributed by atoms with Crippen molar-refractivity contribution < 1.29 is 0 Å². The molecule has 11 rings (SSSR count). The van der Waals surface area contributed by atoms with Gasteiger partial charge >= 0.3 is 0 Å². The minimum atomic E-state index is 0.217. The first-order valence-corrected chi connectivity index (χ1v) is 20.9. The van der Waals surface area contributed by atoms with E-state index in [-0.39, 0.29) is 10.8 Å². The van der Waals surface area contributed by atoms with Crippen molar-refractivity contribution in [2.75, 3.05) is 0 Å². The quantitative estimate of drug-likeness (QED) is 0.163. The summed E-state index contributed by atoms with van der Waals surface area (Å²) in [5, 5.41) is 9.31. The molecule has 1 aromatic heterocycles. The predicted octanol–water partition coefficient (Wildman–Crippen LogP) is 13.1. The van der Waals surface area contributed by atoms with E-state index in [0.29, 0.717) is 23.0 Å². The molecule has 0 spiro atoms. The molecule has 7 aromatic rings. The maximum atomic E-state index is 9.31. The zero-order chi connectivity index (χ0) is 39.6. The maximum Gasteiger partial charge on any atom is 0.164 e. The number of aryl methyl sites for hydroxylation is 4. The molecule has 4 aliphatic rings. The van der Waals surface area contributed by atoms with Gasteiger partial charge in [0.1, 0.15) is 0 Å². The van der Waals surface area contributed by atoms with Gasteiger partial charge in [0.25, 0.3) is 0 Å². The third kappa shape index (κ3) is 6.25. The lowest BCUT2D eigenvalue weighted by molar-refractivity contribution is -0.0281. The summed E-state index contributed by atoms with van der Waals surface area (Å²) in [6.07, 6.45) is 7.85. The minimum absolute atomic E-state index is 0.217. The number of hydrogen-bond donors (Lipinski definition) is 0. The highest BCUT2D eigenvalue weighted by atomic mass is 15.0. The number of benzene rings is 6. The third-order valence-corrected chi connectivity index (χ3v) is 13.8. The van der Waals surface area contributed by atoms with E-state index in [0.717, 1.165) is 39.7 Å². The Morgan fingerprint density at radius 1 is 0.483 bits per heavy atom. The third-order valence-electron chi connectivity index (χ3n) is 13.8. The Morgan fingerprint density at radius 3 is 1.41 bits per heavy atom. The molecule has 0 aliphatic heterocycles. The van der Waals surface area contributed by atoms with Crippen LogP contribution in [0.1, 0.15) is 77.5 Å². The Labute approximate surface area is 342 Å². The van der Waals surface area contributed by atoms with E-state index in [9.17, 15) is 5.26 Å². The van der Waals surface area contributed by atoms with Gasteiger partial charge in [-0.1, -0.05) is 121 Å². The molecule has 2 atom stereocenters. The Bertz CT molecular complexity index is 2650. The van der Waals surface area contributed by atoms with Crippen LogP contribution in [0, 0.1) is 50.9 Å². The maximum absolute atomic E-state index is 9.31. The molecule has 284 valence electrons. The summed E-state index contributed by atoms with van der Waals surface area (Å²) in [6.45, 7) is 8.96. The number of rotatable bonds is 7. The van der Waals surface area contributed by atoms with Gasteiger partial charge < -0.3 is 0 Å². The fourth-order valence-electron chi connectivity index (χ4n) is 11.7. The Kier molecular flexibility index (Phi) is 8.75. The molecule has 6 aromatic carbocycles. The SMILES string of the molecule is Cc1cc(C23CC4CC(C2)CC(c2ccc(-c5cc(C)c(-c6nc(-c7ccccc7)nc(-c7ccccc7)n6)c(C)c5)c(C)c2)(C4)C3)ccc1-c1ccc(C#N)cc1. The number of aromatic nitrogens is 3. The highest BCUT2D eigenvalue weighted by molar-refractivity contribution is 5.77. The second-order valence-corrected chi connectivity index (χ2v) is 17.8. The van der Waals surface area contributed by atoms with Crippen molar-refractivity contribution in [3.8, 4) is 62.5 Å². The van der Waals surface area contributed by atoms with Crippen LogP contribution >= 0.6 is 0 Å². The summed E-state index contributed by atoms with van der Waals surface area (Å²) >= 11 is 0. The largest absolute Gasteiger partial charge is 0.208 e. The molecule has 2 unspecified atom stereocenters. The summed E-state index contributed by atoms with van der Waals surface area (Å²) in [7, 11) is 0. The van der Waals surface area contributed by atoms with Crippen LogP contribution in [0.3, 0.4) is 0 Å². The van der Waals surface area contributed by atoms with Gasteiger partial charge in [0.2, 0.25) is 0 Å². The Hall–Kier alpha value is -6.18. The first-order valence-electron chi connectivity index (χ1n) is 20.9. The van der Waals surface area contributed by atoms with E-state index in [1.54, 1.807) is 0 Å². The van der Waals surface area contributed by atoms with E-state index in [1.807, 2.05) is 48.5 Å². The molecule has 0 saturated heterocycles. The Morgan fingerprint density at radius 2 is 0.948 bits per heavy atom. The molecule has 0 radical (unpaired) electrons. The second-order valence-electron chi connectivity index (χ2n) is 17.8. The molecule has 4 nitrogen and oxygen atoms in total. The normalized spacial score (nSPS) is 21.8.